The maximum Gasteiger partial charge on any atom is 1.00 e. The molecular formula is C10H12Li2N5O7P. The van der Waals surface area contributed by atoms with Crippen LogP contribution in [-0.2, 0) is 13.8 Å². The quantitative estimate of drug-likeness (QED) is 0.265. The summed E-state index contributed by atoms with van der Waals surface area (Å²) >= 11 is 0. The zero-order valence-corrected chi connectivity index (χ0v) is 14.3. The number of aromatic nitrogens is 4. The minimum absolute atomic E-state index is 0. The second-order valence-corrected chi connectivity index (χ2v) is 6.02. The number of ether oxygens (including phenoxy) is 1. The summed E-state index contributed by atoms with van der Waals surface area (Å²) in [5, 5.41) is 20.0. The van der Waals surface area contributed by atoms with E-state index in [1.807, 2.05) is 0 Å². The first kappa shape index (κ1) is 22.6. The number of imidazole rings is 1. The molecule has 1 unspecified atom stereocenters. The monoisotopic (exact) mass is 364 g/mol. The third-order valence-corrected chi connectivity index (χ3v) is 3.86. The van der Waals surface area contributed by atoms with Gasteiger partial charge in [0, 0.05) is 0 Å². The number of rotatable bonds is 4. The summed E-state index contributed by atoms with van der Waals surface area (Å²) in [6, 6.07) is 0. The number of anilines is 1. The van der Waals surface area contributed by atoms with E-state index >= 15 is 0 Å². The number of aliphatic hydroxyl groups excluding tert-OH is 2. The molecule has 0 saturated carbocycles. The smallest absolute Gasteiger partial charge is 0.790 e. The van der Waals surface area contributed by atoms with Gasteiger partial charge in [0.15, 0.2) is 17.7 Å². The molecule has 0 amide bonds. The predicted molar refractivity (Wildman–Crippen MR) is 69.2 cm³/mol. The van der Waals surface area contributed by atoms with Crippen molar-refractivity contribution in [3.05, 3.63) is 12.7 Å². The molecule has 0 aliphatic carbocycles. The number of aliphatic hydroxyl groups is 2. The molecule has 0 spiro atoms. The van der Waals surface area contributed by atoms with E-state index in [9.17, 15) is 24.6 Å². The first-order valence-electron chi connectivity index (χ1n) is 6.39. The average molecular weight is 364 g/mol. The van der Waals surface area contributed by atoms with Crippen molar-refractivity contribution in [1.82, 2.24) is 19.5 Å². The van der Waals surface area contributed by atoms with Crippen LogP contribution < -0.4 is 53.2 Å². The number of hydrogen-bond acceptors (Lipinski definition) is 11. The number of hydrogen-bond donors (Lipinski definition) is 3. The summed E-state index contributed by atoms with van der Waals surface area (Å²) in [6.45, 7) is -0.719. The van der Waals surface area contributed by atoms with Crippen LogP contribution in [-0.4, -0.2) is 54.7 Å². The molecule has 1 saturated heterocycles. The van der Waals surface area contributed by atoms with Crippen molar-refractivity contribution in [2.45, 2.75) is 24.5 Å². The molecule has 2 aromatic heterocycles. The van der Waals surface area contributed by atoms with Crippen LogP contribution in [0.25, 0.3) is 11.2 Å². The van der Waals surface area contributed by atoms with Gasteiger partial charge in [0.2, 0.25) is 0 Å². The van der Waals surface area contributed by atoms with Gasteiger partial charge in [-0.15, -0.1) is 0 Å². The molecule has 15 heteroatoms. The molecule has 1 fully saturated rings. The van der Waals surface area contributed by atoms with Gasteiger partial charge in [-0.3, -0.25) is 4.57 Å². The summed E-state index contributed by atoms with van der Waals surface area (Å²) in [6.07, 6.45) is -2.75. The van der Waals surface area contributed by atoms with Gasteiger partial charge in [-0.1, -0.05) is 0 Å². The molecule has 2 aromatic rings. The summed E-state index contributed by atoms with van der Waals surface area (Å²) < 4.78 is 21.3. The summed E-state index contributed by atoms with van der Waals surface area (Å²) in [4.78, 5) is 32.8. The van der Waals surface area contributed by atoms with Gasteiger partial charge in [0.05, 0.1) is 20.8 Å². The van der Waals surface area contributed by atoms with Crippen molar-refractivity contribution < 1.29 is 71.5 Å². The van der Waals surface area contributed by atoms with Crippen LogP contribution >= 0.6 is 7.82 Å². The van der Waals surface area contributed by atoms with Gasteiger partial charge >= 0.3 is 37.7 Å². The van der Waals surface area contributed by atoms with Crippen LogP contribution in [0.2, 0.25) is 0 Å². The molecule has 4 atom stereocenters. The molecule has 12 nitrogen and oxygen atoms in total. The maximum absolute atomic E-state index is 10.5. The Bertz CT molecular complexity index is 773. The van der Waals surface area contributed by atoms with Gasteiger partial charge in [-0.25, -0.2) is 15.0 Å². The second kappa shape index (κ2) is 8.48. The van der Waals surface area contributed by atoms with E-state index in [1.165, 1.54) is 17.2 Å². The Morgan fingerprint density at radius 3 is 2.60 bits per heavy atom. The number of nitrogens with zero attached hydrogens (tertiary/aromatic N) is 4. The summed E-state index contributed by atoms with van der Waals surface area (Å²) in [5.41, 5.74) is 6.19. The molecule has 0 aromatic carbocycles. The normalized spacial score (nSPS) is 26.2. The van der Waals surface area contributed by atoms with Crippen LogP contribution in [0.1, 0.15) is 6.23 Å². The molecular weight excluding hydrogens is 352 g/mol. The van der Waals surface area contributed by atoms with E-state index in [2.05, 4.69) is 19.5 Å². The largest absolute Gasteiger partial charge is 1.00 e. The number of nitrogen functional groups attached to an aromatic ring is 1. The van der Waals surface area contributed by atoms with Gasteiger partial charge in [0.25, 0.3) is 0 Å². The molecule has 3 heterocycles. The Morgan fingerprint density at radius 1 is 1.28 bits per heavy atom. The van der Waals surface area contributed by atoms with Crippen molar-refractivity contribution in [3.63, 3.8) is 0 Å². The third-order valence-electron chi connectivity index (χ3n) is 3.40. The third kappa shape index (κ3) is 4.63. The molecule has 25 heavy (non-hydrogen) atoms. The zero-order valence-electron chi connectivity index (χ0n) is 13.4. The van der Waals surface area contributed by atoms with Crippen molar-refractivity contribution in [1.29, 1.82) is 0 Å². The Labute approximate surface area is 165 Å². The van der Waals surface area contributed by atoms with E-state index in [1.54, 1.807) is 0 Å². The standard InChI is InChI=1S/C10H14N5O7P.2Li/c11-8-5-9(13-2-12-8)15(3-14-5)10-7(17)6(16)4(22-10)1-21-23(18,19)20;;/h2-4,6-7,10,16-17H,1H2,(H2,11,12,13)(H2,18,19,20);;/q;2*+1/p-2/t4-,6?,7+,10-;;/m1../s1/i11+1,12+1,13+1,14+1,15+1;;. The van der Waals surface area contributed by atoms with Crippen molar-refractivity contribution in [2.24, 2.45) is 0 Å². The molecule has 126 valence electrons. The molecule has 3 rings (SSSR count). The van der Waals surface area contributed by atoms with E-state index < -0.39 is 39.0 Å². The molecule has 0 radical (unpaired) electrons. The van der Waals surface area contributed by atoms with Crippen LogP contribution in [0.5, 0.6) is 0 Å². The SMILES string of the molecule is [15NH2]c1[15n]c[15n]c2c1[15n]c[15n]2[C@@H]1O[C@H](COP(=O)([O-])[O-])C(O)[C@@H]1O.[Li+].[Li+]. The maximum atomic E-state index is 10.5. The zero-order chi connectivity index (χ0) is 16.8. The van der Waals surface area contributed by atoms with Gasteiger partial charge in [-0.05, 0) is 0 Å². The van der Waals surface area contributed by atoms with E-state index in [0.717, 1.165) is 0 Å². The Morgan fingerprint density at radius 2 is 1.96 bits per heavy atom. The van der Waals surface area contributed by atoms with Crippen molar-refractivity contribution >= 4 is 24.8 Å². The molecule has 4 N–H and O–H groups in total. The van der Waals surface area contributed by atoms with Gasteiger partial charge in [-0.2, -0.15) is 0 Å². The number of phosphoric acid groups is 1. The van der Waals surface area contributed by atoms with Crippen molar-refractivity contribution in [3.8, 4) is 0 Å². The number of nitrogens with two attached hydrogens (primary N) is 1. The fourth-order valence-electron chi connectivity index (χ4n) is 2.32. The minimum atomic E-state index is -5.22. The Balaban J connectivity index is 0.00000156. The predicted octanol–water partition coefficient (Wildman–Crippen LogP) is -9.12. The first-order valence-corrected chi connectivity index (χ1v) is 7.85. The minimum Gasteiger partial charge on any atom is -0.790 e. The second-order valence-electron chi connectivity index (χ2n) is 4.87. The van der Waals surface area contributed by atoms with Crippen LogP contribution in [0.3, 0.4) is 0 Å². The molecule has 1 aliphatic rings. The fourth-order valence-corrected chi connectivity index (χ4v) is 2.65. The number of phosphoric ester groups is 1. The van der Waals surface area contributed by atoms with Crippen LogP contribution in [0.15, 0.2) is 12.7 Å². The van der Waals surface area contributed by atoms with E-state index in [4.69, 9.17) is 10.5 Å². The Hall–Kier alpha value is -0.465. The van der Waals surface area contributed by atoms with Crippen molar-refractivity contribution in [2.75, 3.05) is 12.3 Å². The summed E-state index contributed by atoms with van der Waals surface area (Å²) in [7, 11) is -5.22. The fraction of sp³-hybridized carbons (Fsp3) is 0.500. The summed E-state index contributed by atoms with van der Waals surface area (Å²) in [5.74, 6) is 0.125. The average Bonchev–Trinajstić information content (AvgIpc) is 3.01. The molecule has 0 bridgehead atoms. The Kier molecular flexibility index (Phi) is 7.66. The number of fused-ring (bicyclic) bond motifs is 1. The van der Waals surface area contributed by atoms with Crippen LogP contribution in [0, 0.1) is 0 Å². The van der Waals surface area contributed by atoms with Gasteiger partial charge < -0.3 is 39.6 Å². The van der Waals surface area contributed by atoms with E-state index in [-0.39, 0.29) is 54.7 Å². The van der Waals surface area contributed by atoms with Gasteiger partial charge in [0.1, 0.15) is 30.2 Å². The topological polar surface area (TPSA) is 192 Å². The molecule has 1 aliphatic heterocycles. The van der Waals surface area contributed by atoms with Crippen LogP contribution in [0.4, 0.5) is 5.82 Å². The van der Waals surface area contributed by atoms with E-state index in [0.29, 0.717) is 0 Å². The first-order chi connectivity index (χ1) is 10.8.